The van der Waals surface area contributed by atoms with Crippen molar-refractivity contribution >= 4 is 23.2 Å². The monoisotopic (exact) mass is 387 g/mol. The molecule has 2 heterocycles. The molecule has 0 aliphatic heterocycles. The quantitative estimate of drug-likeness (QED) is 0.450. The van der Waals surface area contributed by atoms with Crippen molar-refractivity contribution in [1.29, 1.82) is 5.26 Å². The molecule has 6 N–H and O–H groups in total. The summed E-state index contributed by atoms with van der Waals surface area (Å²) in [5, 5.41) is 15.0. The van der Waals surface area contributed by atoms with Gasteiger partial charge in [-0.3, -0.25) is 5.41 Å². The minimum Gasteiger partial charge on any atom is -0.361 e. The number of nitrogens with two attached hydrogens (primary N) is 3. The van der Waals surface area contributed by atoms with Gasteiger partial charge in [-0.05, 0) is 48.9 Å². The molecule has 0 bridgehead atoms. The third-order valence-electron chi connectivity index (χ3n) is 5.39. The molecule has 1 aliphatic carbocycles. The van der Waals surface area contributed by atoms with Crippen LogP contribution in [0.2, 0.25) is 0 Å². The van der Waals surface area contributed by atoms with E-state index in [1.165, 1.54) is 0 Å². The van der Waals surface area contributed by atoms with Crippen molar-refractivity contribution in [3.05, 3.63) is 47.8 Å². The Labute approximate surface area is 168 Å². The molecule has 1 unspecified atom stereocenters. The van der Waals surface area contributed by atoms with Crippen molar-refractivity contribution in [2.24, 2.45) is 16.5 Å². The van der Waals surface area contributed by atoms with Gasteiger partial charge in [0.25, 0.3) is 12.2 Å². The van der Waals surface area contributed by atoms with Crippen LogP contribution in [0.25, 0.3) is 22.4 Å². The Bertz CT molecular complexity index is 1140. The Balaban J connectivity index is 1.97. The van der Waals surface area contributed by atoms with Gasteiger partial charge in [0.15, 0.2) is 0 Å². The van der Waals surface area contributed by atoms with E-state index in [9.17, 15) is 5.26 Å². The molecule has 0 saturated heterocycles. The lowest BCUT2D eigenvalue weighted by molar-refractivity contribution is -0.106. The van der Waals surface area contributed by atoms with E-state index in [4.69, 9.17) is 21.9 Å². The lowest BCUT2D eigenvalue weighted by Crippen LogP contribution is -2.30. The number of hydrogen-bond acceptors (Lipinski definition) is 4. The summed E-state index contributed by atoms with van der Waals surface area (Å²) in [4.78, 5) is 13.2. The summed E-state index contributed by atoms with van der Waals surface area (Å²) < 4.78 is 2.19. The fraction of sp³-hybridized carbons (Fsp3) is 0.286. The van der Waals surface area contributed by atoms with E-state index in [-0.39, 0.29) is 17.9 Å². The number of nitrogens with zero attached hydrogens (tertiary/aromatic N) is 5. The fourth-order valence-electron chi connectivity index (χ4n) is 4.06. The number of benzene rings is 1. The predicted octanol–water partition coefficient (Wildman–Crippen LogP) is 0.905. The van der Waals surface area contributed by atoms with Gasteiger partial charge in [-0.25, -0.2) is 9.97 Å². The van der Waals surface area contributed by atoms with Gasteiger partial charge in [0.05, 0.1) is 23.3 Å². The molecule has 1 fully saturated rings. The molecule has 0 spiro atoms. The molecule has 2 atom stereocenters. The molecule has 0 amide bonds. The number of rotatable bonds is 4. The topological polar surface area (TPSA) is 144 Å². The van der Waals surface area contributed by atoms with Gasteiger partial charge in [-0.15, -0.1) is 0 Å². The number of aliphatic imine (C=N–C) groups is 1. The van der Waals surface area contributed by atoms with E-state index in [0.717, 1.165) is 54.4 Å². The molecule has 2 aromatic heterocycles. The van der Waals surface area contributed by atoms with Gasteiger partial charge >= 0.3 is 0 Å². The lowest BCUT2D eigenvalue weighted by atomic mass is 9.91. The second-order valence-electron chi connectivity index (χ2n) is 7.26. The smallest absolute Gasteiger partial charge is 0.280 e. The maximum atomic E-state index is 9.61. The average molecular weight is 387 g/mol. The van der Waals surface area contributed by atoms with Crippen LogP contribution in [0.15, 0.2) is 41.5 Å². The summed E-state index contributed by atoms with van der Waals surface area (Å²) in [7, 11) is 0. The van der Waals surface area contributed by atoms with Crippen LogP contribution in [-0.2, 0) is 0 Å². The summed E-state index contributed by atoms with van der Waals surface area (Å²) in [6.07, 6.45) is 6.75. The van der Waals surface area contributed by atoms with Gasteiger partial charge < -0.3 is 16.0 Å². The van der Waals surface area contributed by atoms with Gasteiger partial charge in [0.1, 0.15) is 17.0 Å². The van der Waals surface area contributed by atoms with E-state index in [1.54, 1.807) is 12.3 Å². The van der Waals surface area contributed by atoms with Crippen LogP contribution < -0.4 is 16.9 Å². The third-order valence-corrected chi connectivity index (χ3v) is 5.39. The summed E-state index contributed by atoms with van der Waals surface area (Å²) in [5.41, 5.74) is 15.8. The molecular formula is C21H23N8+. The Morgan fingerprint density at radius 1 is 1.34 bits per heavy atom. The van der Waals surface area contributed by atoms with Crippen LogP contribution in [0.5, 0.6) is 0 Å². The molecule has 4 rings (SSSR count). The average Bonchev–Trinajstić information content (AvgIpc) is 3.12. The van der Waals surface area contributed by atoms with Crippen molar-refractivity contribution in [3.63, 3.8) is 0 Å². The van der Waals surface area contributed by atoms with E-state index in [1.807, 2.05) is 24.3 Å². The molecule has 1 saturated carbocycles. The zero-order valence-electron chi connectivity index (χ0n) is 16.0. The minimum absolute atomic E-state index is 0.144. The number of fused-ring (bicyclic) bond motifs is 1. The molecule has 8 nitrogen and oxygen atoms in total. The zero-order chi connectivity index (χ0) is 20.4. The van der Waals surface area contributed by atoms with Crippen LogP contribution >= 0.6 is 0 Å². The van der Waals surface area contributed by atoms with E-state index in [2.05, 4.69) is 20.6 Å². The lowest BCUT2D eigenvalue weighted by Gasteiger charge is -2.29. The number of pyridine rings is 1. The Kier molecular flexibility index (Phi) is 5.06. The number of amidine groups is 1. The first-order chi connectivity index (χ1) is 14.1. The normalized spacial score (nSPS) is 19.8. The van der Waals surface area contributed by atoms with Gasteiger partial charge in [0.2, 0.25) is 0 Å². The molecule has 29 heavy (non-hydrogen) atoms. The first kappa shape index (κ1) is 18.8. The van der Waals surface area contributed by atoms with Crippen molar-refractivity contribution in [2.75, 3.05) is 0 Å². The number of aromatic nitrogens is 3. The second kappa shape index (κ2) is 7.81. The van der Waals surface area contributed by atoms with Crippen LogP contribution in [0.1, 0.15) is 43.0 Å². The molecule has 1 aromatic carbocycles. The minimum atomic E-state index is 0.144. The predicted molar refractivity (Wildman–Crippen MR) is 112 cm³/mol. The molecule has 8 heteroatoms. The highest BCUT2D eigenvalue weighted by Gasteiger charge is 2.27. The zero-order valence-corrected chi connectivity index (χ0v) is 16.0. The fourth-order valence-corrected chi connectivity index (χ4v) is 4.06. The van der Waals surface area contributed by atoms with Gasteiger partial charge in [-0.2, -0.15) is 5.26 Å². The Morgan fingerprint density at radius 2 is 2.17 bits per heavy atom. The first-order valence-electron chi connectivity index (χ1n) is 9.62. The molecule has 146 valence electrons. The van der Waals surface area contributed by atoms with Crippen molar-refractivity contribution < 1.29 is 5.41 Å². The second-order valence-corrected chi connectivity index (χ2v) is 7.26. The van der Waals surface area contributed by atoms with Crippen molar-refractivity contribution in [3.8, 4) is 17.5 Å². The number of hydrogen-bond donors (Lipinski definition) is 3. The maximum absolute atomic E-state index is 9.61. The first-order valence-corrected chi connectivity index (χ1v) is 9.62. The molecular weight excluding hydrogens is 364 g/mol. The van der Waals surface area contributed by atoms with Crippen molar-refractivity contribution in [2.45, 2.75) is 37.8 Å². The highest BCUT2D eigenvalue weighted by Crippen LogP contribution is 2.36. The standard InChI is InChI=1S/C21H22N8/c22-10-13-4-1-2-7-16(13)21-28-18-11-26-17(20(25)27-12-23)9-19(18)29(21)15-6-3-5-14(24)8-15/h1-2,4,7,9,11-12,14-15H,3,5-6,8,24H2,(H3,23,25,27)/p+1/t14?,15-/m1/s1. The highest BCUT2D eigenvalue weighted by molar-refractivity contribution is 6.01. The summed E-state index contributed by atoms with van der Waals surface area (Å²) in [6, 6.07) is 12.0. The Hall–Kier alpha value is -3.57. The summed E-state index contributed by atoms with van der Waals surface area (Å²) in [6.45, 7) is 0. The highest BCUT2D eigenvalue weighted by atomic mass is 15.1. The summed E-state index contributed by atoms with van der Waals surface area (Å²) in [5.74, 6) is 0.984. The van der Waals surface area contributed by atoms with Gasteiger partial charge in [-0.1, -0.05) is 12.1 Å². The Morgan fingerprint density at radius 3 is 2.93 bits per heavy atom. The van der Waals surface area contributed by atoms with Gasteiger partial charge in [0, 0.05) is 17.6 Å². The molecule has 3 aromatic rings. The van der Waals surface area contributed by atoms with E-state index >= 15 is 0 Å². The third kappa shape index (κ3) is 3.48. The number of imidazole rings is 1. The van der Waals surface area contributed by atoms with E-state index in [0.29, 0.717) is 11.3 Å². The van der Waals surface area contributed by atoms with Crippen LogP contribution in [0.3, 0.4) is 0 Å². The largest absolute Gasteiger partial charge is 0.361 e. The van der Waals surface area contributed by atoms with Crippen LogP contribution in [-0.4, -0.2) is 32.8 Å². The SMILES string of the molecule is N#Cc1ccccc1-c1nc2cnc(C(N)=NC=[NH2+])cc2n1[C@@H]1CCCC(N)C1. The maximum Gasteiger partial charge on any atom is 0.280 e. The van der Waals surface area contributed by atoms with Crippen LogP contribution in [0.4, 0.5) is 0 Å². The van der Waals surface area contributed by atoms with Crippen molar-refractivity contribution in [1.82, 2.24) is 14.5 Å². The molecule has 0 radical (unpaired) electrons. The van der Waals surface area contributed by atoms with Crippen LogP contribution in [0, 0.1) is 11.3 Å². The summed E-state index contributed by atoms with van der Waals surface area (Å²) >= 11 is 0. The van der Waals surface area contributed by atoms with E-state index < -0.39 is 0 Å². The molecule has 1 aliphatic rings. The number of nitriles is 1.